The number of hydrogen-bond donors (Lipinski definition) is 0. The summed E-state index contributed by atoms with van der Waals surface area (Å²) in [5, 5.41) is 0.824. The first-order valence-electron chi connectivity index (χ1n) is 4.40. The van der Waals surface area contributed by atoms with Crippen LogP contribution in [0.25, 0.3) is 16.3 Å². The van der Waals surface area contributed by atoms with Gasteiger partial charge < -0.3 is 4.74 Å². The Morgan fingerprint density at radius 3 is 3.07 bits per heavy atom. The van der Waals surface area contributed by atoms with Crippen molar-refractivity contribution in [2.24, 2.45) is 0 Å². The minimum Gasteiger partial charge on any atom is -0.497 e. The number of fused-ring (bicyclic) bond motifs is 1. The highest BCUT2D eigenvalue weighted by molar-refractivity contribution is 7.19. The van der Waals surface area contributed by atoms with E-state index >= 15 is 0 Å². The van der Waals surface area contributed by atoms with Gasteiger partial charge in [0.05, 0.1) is 17.3 Å². The second-order valence-corrected chi connectivity index (χ2v) is 3.94. The summed E-state index contributed by atoms with van der Waals surface area (Å²) in [5.74, 6) is 0.817. The van der Waals surface area contributed by atoms with Gasteiger partial charge in [-0.1, -0.05) is 0 Å². The molecule has 2 aromatic rings. The van der Waals surface area contributed by atoms with Crippen LogP contribution in [0.1, 0.15) is 5.01 Å². The highest BCUT2D eigenvalue weighted by atomic mass is 32.1. The fourth-order valence-electron chi connectivity index (χ4n) is 1.24. The van der Waals surface area contributed by atoms with Crippen molar-refractivity contribution in [3.8, 4) is 5.75 Å². The van der Waals surface area contributed by atoms with E-state index in [-0.39, 0.29) is 0 Å². The molecule has 0 bridgehead atoms. The summed E-state index contributed by atoms with van der Waals surface area (Å²) in [6.07, 6.45) is 3.88. The molecule has 76 valence electrons. The number of aldehydes is 1. The summed E-state index contributed by atoms with van der Waals surface area (Å²) in [4.78, 5) is 14.5. The molecule has 1 aromatic heterocycles. The normalized spacial score (nSPS) is 11.0. The summed E-state index contributed by atoms with van der Waals surface area (Å²) in [6, 6.07) is 5.71. The van der Waals surface area contributed by atoms with Crippen molar-refractivity contribution < 1.29 is 9.53 Å². The van der Waals surface area contributed by atoms with E-state index in [0.29, 0.717) is 0 Å². The fraction of sp³-hybridized carbons (Fsp3) is 0.0909. The monoisotopic (exact) mass is 219 g/mol. The maximum atomic E-state index is 10.2. The van der Waals surface area contributed by atoms with E-state index in [2.05, 4.69) is 4.98 Å². The molecule has 0 amide bonds. The summed E-state index contributed by atoms with van der Waals surface area (Å²) in [5.41, 5.74) is 0.923. The van der Waals surface area contributed by atoms with Crippen molar-refractivity contribution in [2.45, 2.75) is 0 Å². The quantitative estimate of drug-likeness (QED) is 0.588. The van der Waals surface area contributed by atoms with Crippen molar-refractivity contribution in [1.82, 2.24) is 4.98 Å². The minimum atomic E-state index is 0.743. The number of thiazole rings is 1. The number of aromatic nitrogens is 1. The molecule has 0 aliphatic carbocycles. The van der Waals surface area contributed by atoms with E-state index in [9.17, 15) is 4.79 Å². The highest BCUT2D eigenvalue weighted by Gasteiger charge is 2.02. The number of benzene rings is 1. The van der Waals surface area contributed by atoms with Crippen LogP contribution in [0.2, 0.25) is 0 Å². The Morgan fingerprint density at radius 1 is 1.47 bits per heavy atom. The predicted octanol–water partition coefficient (Wildman–Crippen LogP) is 2.52. The molecule has 0 saturated carbocycles. The summed E-state index contributed by atoms with van der Waals surface area (Å²) in [6.45, 7) is 0. The lowest BCUT2D eigenvalue weighted by Crippen LogP contribution is -1.80. The number of methoxy groups -OCH3 is 1. The Labute approximate surface area is 91.0 Å². The molecule has 0 N–H and O–H groups in total. The standard InChI is InChI=1S/C11H9NO2S/c1-14-8-4-5-9-10(7-8)15-11(12-9)3-2-6-13/h2-7H,1H3. The molecule has 0 atom stereocenters. The second-order valence-electron chi connectivity index (χ2n) is 2.88. The van der Waals surface area contributed by atoms with Gasteiger partial charge in [-0.25, -0.2) is 4.98 Å². The van der Waals surface area contributed by atoms with Crippen LogP contribution in [0.4, 0.5) is 0 Å². The maximum absolute atomic E-state index is 10.2. The zero-order valence-corrected chi connectivity index (χ0v) is 8.95. The van der Waals surface area contributed by atoms with Crippen LogP contribution >= 0.6 is 11.3 Å². The molecule has 1 heterocycles. The number of hydrogen-bond acceptors (Lipinski definition) is 4. The molecule has 0 aliphatic heterocycles. The Kier molecular flexibility index (Phi) is 2.78. The van der Waals surface area contributed by atoms with Crippen molar-refractivity contribution >= 4 is 33.9 Å². The fourth-order valence-corrected chi connectivity index (χ4v) is 2.15. The van der Waals surface area contributed by atoms with E-state index in [0.717, 1.165) is 27.3 Å². The first-order valence-corrected chi connectivity index (χ1v) is 5.21. The molecule has 2 rings (SSSR count). The molecule has 3 nitrogen and oxygen atoms in total. The van der Waals surface area contributed by atoms with Gasteiger partial charge in [0.1, 0.15) is 17.0 Å². The minimum absolute atomic E-state index is 0.743. The molecule has 1 aromatic carbocycles. The number of carbonyl (C=O) groups excluding carboxylic acids is 1. The van der Waals surface area contributed by atoms with Gasteiger partial charge >= 0.3 is 0 Å². The molecule has 0 saturated heterocycles. The lowest BCUT2D eigenvalue weighted by molar-refractivity contribution is -0.104. The number of rotatable bonds is 3. The zero-order valence-electron chi connectivity index (χ0n) is 8.14. The van der Waals surface area contributed by atoms with Crippen LogP contribution in [-0.4, -0.2) is 18.4 Å². The Bertz CT molecular complexity index is 516. The van der Waals surface area contributed by atoms with Crippen molar-refractivity contribution in [3.63, 3.8) is 0 Å². The third-order valence-electron chi connectivity index (χ3n) is 1.93. The van der Waals surface area contributed by atoms with E-state index in [1.165, 1.54) is 17.4 Å². The van der Waals surface area contributed by atoms with Gasteiger partial charge in [0, 0.05) is 0 Å². The van der Waals surface area contributed by atoms with Gasteiger partial charge in [-0.05, 0) is 30.4 Å². The van der Waals surface area contributed by atoms with Crippen molar-refractivity contribution in [1.29, 1.82) is 0 Å². The smallest absolute Gasteiger partial charge is 0.142 e. The predicted molar refractivity (Wildman–Crippen MR) is 61.3 cm³/mol. The molecule has 0 fully saturated rings. The summed E-state index contributed by atoms with van der Waals surface area (Å²) in [7, 11) is 1.63. The number of nitrogens with zero attached hydrogens (tertiary/aromatic N) is 1. The van der Waals surface area contributed by atoms with Crippen LogP contribution in [0.5, 0.6) is 5.75 Å². The molecule has 0 radical (unpaired) electrons. The van der Waals surface area contributed by atoms with Crippen LogP contribution < -0.4 is 4.74 Å². The van der Waals surface area contributed by atoms with E-state index in [1.807, 2.05) is 18.2 Å². The van der Waals surface area contributed by atoms with Gasteiger partial charge in [-0.2, -0.15) is 0 Å². The number of carbonyl (C=O) groups is 1. The molecule has 0 aliphatic rings. The Morgan fingerprint density at radius 2 is 2.33 bits per heavy atom. The van der Waals surface area contributed by atoms with Gasteiger partial charge in [0.25, 0.3) is 0 Å². The SMILES string of the molecule is COc1ccc2nc(C=CC=O)sc2c1. The van der Waals surface area contributed by atoms with E-state index in [4.69, 9.17) is 4.74 Å². The lowest BCUT2D eigenvalue weighted by Gasteiger charge is -1.96. The average molecular weight is 219 g/mol. The second kappa shape index (κ2) is 4.23. The molecule has 0 spiro atoms. The molecule has 0 unspecified atom stereocenters. The third-order valence-corrected chi connectivity index (χ3v) is 2.91. The average Bonchev–Trinajstić information content (AvgIpc) is 2.67. The molecular formula is C11H9NO2S. The summed E-state index contributed by atoms with van der Waals surface area (Å²) < 4.78 is 6.17. The van der Waals surface area contributed by atoms with Gasteiger partial charge in [0.15, 0.2) is 0 Å². The Balaban J connectivity index is 2.46. The third kappa shape index (κ3) is 2.05. The van der Waals surface area contributed by atoms with E-state index < -0.39 is 0 Å². The maximum Gasteiger partial charge on any atom is 0.142 e. The molecule has 4 heteroatoms. The van der Waals surface area contributed by atoms with Gasteiger partial charge in [-0.15, -0.1) is 11.3 Å². The molecule has 15 heavy (non-hydrogen) atoms. The van der Waals surface area contributed by atoms with Crippen molar-refractivity contribution in [3.05, 3.63) is 29.3 Å². The number of ether oxygens (including phenoxy) is 1. The van der Waals surface area contributed by atoms with E-state index in [1.54, 1.807) is 13.2 Å². The van der Waals surface area contributed by atoms with Crippen LogP contribution in [0, 0.1) is 0 Å². The summed E-state index contributed by atoms with van der Waals surface area (Å²) >= 11 is 1.53. The highest BCUT2D eigenvalue weighted by Crippen LogP contribution is 2.26. The van der Waals surface area contributed by atoms with Crippen LogP contribution in [-0.2, 0) is 4.79 Å². The topological polar surface area (TPSA) is 39.2 Å². The first-order chi connectivity index (χ1) is 7.33. The lowest BCUT2D eigenvalue weighted by atomic mass is 10.3. The van der Waals surface area contributed by atoms with Gasteiger partial charge in [0.2, 0.25) is 0 Å². The van der Waals surface area contributed by atoms with Crippen LogP contribution in [0.15, 0.2) is 24.3 Å². The zero-order chi connectivity index (χ0) is 10.7. The number of allylic oxidation sites excluding steroid dienone is 1. The van der Waals surface area contributed by atoms with Crippen molar-refractivity contribution in [2.75, 3.05) is 7.11 Å². The van der Waals surface area contributed by atoms with Crippen LogP contribution in [0.3, 0.4) is 0 Å². The first kappa shape index (κ1) is 9.86. The van der Waals surface area contributed by atoms with Gasteiger partial charge in [-0.3, -0.25) is 4.79 Å². The largest absolute Gasteiger partial charge is 0.497 e. The molecular weight excluding hydrogens is 210 g/mol. The Hall–Kier alpha value is -1.68.